The summed E-state index contributed by atoms with van der Waals surface area (Å²) in [7, 11) is 0.653. The van der Waals surface area contributed by atoms with E-state index < -0.39 is 10.4 Å². The average molecular weight is 475 g/mol. The molecule has 0 N–H and O–H groups in total. The zero-order valence-electron chi connectivity index (χ0n) is 18.7. The fourth-order valence-electron chi connectivity index (χ4n) is 3.44. The molecule has 0 amide bonds. The first kappa shape index (κ1) is 24.1. The summed E-state index contributed by atoms with van der Waals surface area (Å²) in [4.78, 5) is 3.49. The van der Waals surface area contributed by atoms with E-state index in [1.807, 2.05) is 13.0 Å². The molecular weight excluding hydrogens is 448 g/mol. The van der Waals surface area contributed by atoms with Gasteiger partial charge in [-0.2, -0.15) is 4.57 Å². The Morgan fingerprint density at radius 1 is 1.19 bits per heavy atom. The molecule has 2 heterocycles. The zero-order chi connectivity index (χ0) is 23.5. The molecule has 0 saturated heterocycles. The zero-order valence-corrected chi connectivity index (χ0v) is 20.3. The minimum Gasteiger partial charge on any atom is -0.726 e. The van der Waals surface area contributed by atoms with E-state index in [1.54, 1.807) is 11.8 Å². The van der Waals surface area contributed by atoms with Gasteiger partial charge in [-0.1, -0.05) is 23.9 Å². The lowest BCUT2D eigenvalue weighted by Gasteiger charge is -2.13. The van der Waals surface area contributed by atoms with Crippen molar-refractivity contribution in [2.24, 2.45) is 7.05 Å². The third-order valence-corrected chi connectivity index (χ3v) is 6.62. The topological polar surface area (TPSA) is 82.8 Å². The predicted molar refractivity (Wildman–Crippen MR) is 126 cm³/mol. The number of aryl methyl sites for hydroxylation is 2. The smallest absolute Gasteiger partial charge is 0.217 e. The maximum absolute atomic E-state index is 9.22. The van der Waals surface area contributed by atoms with Crippen molar-refractivity contribution >= 4 is 44.8 Å². The molecule has 0 saturated carbocycles. The number of rotatable bonds is 4. The minimum atomic E-state index is -4.41. The van der Waals surface area contributed by atoms with Gasteiger partial charge in [0.15, 0.2) is 0 Å². The van der Waals surface area contributed by atoms with Gasteiger partial charge < -0.3 is 14.2 Å². The molecule has 7 nitrogen and oxygen atoms in total. The van der Waals surface area contributed by atoms with Crippen LogP contribution in [0.3, 0.4) is 0 Å². The molecule has 0 bridgehead atoms. The van der Waals surface area contributed by atoms with Gasteiger partial charge in [0.05, 0.1) is 24.4 Å². The molecule has 0 atom stereocenters. The van der Waals surface area contributed by atoms with Gasteiger partial charge in [0, 0.05) is 35.5 Å². The lowest BCUT2D eigenvalue weighted by Crippen LogP contribution is -2.33. The molecule has 32 heavy (non-hydrogen) atoms. The van der Waals surface area contributed by atoms with Crippen LogP contribution in [0.5, 0.6) is 5.75 Å². The molecular formula is C23H26N2O5S2. The Labute approximate surface area is 193 Å². The molecule has 0 unspecified atom stereocenters. The maximum atomic E-state index is 9.22. The SMILES string of the molecule is CCOc1ccc2c(c1)S/C(=C\c1cc(C)c3ccccc3[n+]1C)N2C.COS(=O)(=O)[O-]. The van der Waals surface area contributed by atoms with Crippen molar-refractivity contribution in [2.45, 2.75) is 18.7 Å². The normalized spacial score (nSPS) is 14.3. The number of para-hydroxylation sites is 1. The van der Waals surface area contributed by atoms with E-state index in [4.69, 9.17) is 4.74 Å². The van der Waals surface area contributed by atoms with Gasteiger partial charge in [-0.15, -0.1) is 0 Å². The molecule has 2 aromatic carbocycles. The standard InChI is InChI=1S/C22H23N2OS.CH4O4S/c1-5-25-17-10-11-20-21(14-17)26-22(24(20)4)13-16-12-15(2)18-8-6-7-9-19(18)23(16)3;1-5-6(2,3)4/h6-14H,5H2,1-4H3;1H3,(H,2,3,4)/q+1;/p-1. The number of thioether (sulfide) groups is 1. The molecule has 0 fully saturated rings. The largest absolute Gasteiger partial charge is 0.726 e. The van der Waals surface area contributed by atoms with Crippen LogP contribution >= 0.6 is 11.8 Å². The Morgan fingerprint density at radius 3 is 2.53 bits per heavy atom. The predicted octanol–water partition coefficient (Wildman–Crippen LogP) is 4.00. The van der Waals surface area contributed by atoms with Crippen molar-refractivity contribution in [2.75, 3.05) is 25.7 Å². The molecule has 1 aromatic heterocycles. The van der Waals surface area contributed by atoms with Crippen molar-refractivity contribution in [3.05, 3.63) is 64.8 Å². The third kappa shape index (κ3) is 5.42. The molecule has 1 aliphatic heterocycles. The molecule has 3 aromatic rings. The van der Waals surface area contributed by atoms with Crippen LogP contribution in [0.1, 0.15) is 18.2 Å². The van der Waals surface area contributed by atoms with Crippen LogP contribution in [-0.2, 0) is 21.6 Å². The highest BCUT2D eigenvalue weighted by Gasteiger charge is 2.24. The third-order valence-electron chi connectivity index (χ3n) is 5.07. The maximum Gasteiger partial charge on any atom is 0.217 e. The first-order valence-corrected chi connectivity index (χ1v) is 12.1. The second kappa shape index (κ2) is 9.91. The Kier molecular flexibility index (Phi) is 7.45. The van der Waals surface area contributed by atoms with Gasteiger partial charge in [0.25, 0.3) is 0 Å². The highest BCUT2D eigenvalue weighted by atomic mass is 32.3. The number of benzene rings is 2. The Balaban J connectivity index is 0.000000427. The lowest BCUT2D eigenvalue weighted by molar-refractivity contribution is -0.646. The molecule has 170 valence electrons. The number of hydrogen-bond acceptors (Lipinski definition) is 7. The number of fused-ring (bicyclic) bond motifs is 2. The summed E-state index contributed by atoms with van der Waals surface area (Å²) in [6.07, 6.45) is 2.27. The van der Waals surface area contributed by atoms with E-state index in [0.717, 1.165) is 12.9 Å². The molecule has 4 rings (SSSR count). The van der Waals surface area contributed by atoms with Gasteiger partial charge in [-0.25, -0.2) is 8.42 Å². The first-order valence-electron chi connectivity index (χ1n) is 9.94. The van der Waals surface area contributed by atoms with Crippen molar-refractivity contribution in [1.82, 2.24) is 0 Å². The Morgan fingerprint density at radius 2 is 1.88 bits per heavy atom. The first-order chi connectivity index (χ1) is 15.1. The van der Waals surface area contributed by atoms with E-state index in [1.165, 1.54) is 37.8 Å². The number of nitrogens with zero attached hydrogens (tertiary/aromatic N) is 2. The van der Waals surface area contributed by atoms with Crippen LogP contribution in [-0.4, -0.2) is 33.7 Å². The fourth-order valence-corrected chi connectivity index (χ4v) is 4.56. The highest BCUT2D eigenvalue weighted by Crippen LogP contribution is 2.47. The van der Waals surface area contributed by atoms with Gasteiger partial charge in [0.1, 0.15) is 12.8 Å². The number of anilines is 1. The lowest BCUT2D eigenvalue weighted by atomic mass is 10.1. The summed E-state index contributed by atoms with van der Waals surface area (Å²) in [5.74, 6) is 0.931. The van der Waals surface area contributed by atoms with Gasteiger partial charge in [-0.05, 0) is 43.7 Å². The minimum absolute atomic E-state index is 0.689. The van der Waals surface area contributed by atoms with Crippen LogP contribution in [0.25, 0.3) is 17.0 Å². The van der Waals surface area contributed by atoms with Crippen LogP contribution in [0.4, 0.5) is 5.69 Å². The van der Waals surface area contributed by atoms with E-state index >= 15 is 0 Å². The monoisotopic (exact) mass is 474 g/mol. The van der Waals surface area contributed by atoms with Gasteiger partial charge >= 0.3 is 0 Å². The van der Waals surface area contributed by atoms with Crippen molar-refractivity contribution in [3.63, 3.8) is 0 Å². The summed E-state index contributed by atoms with van der Waals surface area (Å²) < 4.78 is 38.9. The number of aromatic nitrogens is 1. The quantitative estimate of drug-likeness (QED) is 0.321. The molecule has 0 radical (unpaired) electrons. The Bertz CT molecular complexity index is 1270. The summed E-state index contributed by atoms with van der Waals surface area (Å²) in [5, 5.41) is 2.52. The fraction of sp³-hybridized carbons (Fsp3) is 0.261. The van der Waals surface area contributed by atoms with E-state index in [0.29, 0.717) is 6.61 Å². The van der Waals surface area contributed by atoms with E-state index in [9.17, 15) is 13.0 Å². The van der Waals surface area contributed by atoms with Crippen LogP contribution in [0.2, 0.25) is 0 Å². The summed E-state index contributed by atoms with van der Waals surface area (Å²) in [5.41, 5.74) is 4.98. The molecule has 1 aliphatic rings. The van der Waals surface area contributed by atoms with Crippen LogP contribution < -0.4 is 14.2 Å². The van der Waals surface area contributed by atoms with Crippen LogP contribution in [0, 0.1) is 6.92 Å². The number of hydrogen-bond donors (Lipinski definition) is 0. The van der Waals surface area contributed by atoms with Crippen LogP contribution in [0.15, 0.2) is 58.5 Å². The second-order valence-electron chi connectivity index (χ2n) is 7.11. The Hall–Kier alpha value is -2.59. The number of ether oxygens (including phenoxy) is 1. The van der Waals surface area contributed by atoms with Gasteiger partial charge in [0.2, 0.25) is 21.6 Å². The second-order valence-corrected chi connectivity index (χ2v) is 9.32. The average Bonchev–Trinajstić information content (AvgIpc) is 3.07. The van der Waals surface area contributed by atoms with Gasteiger partial charge in [-0.3, -0.25) is 4.18 Å². The van der Waals surface area contributed by atoms with Crippen molar-refractivity contribution in [3.8, 4) is 5.75 Å². The molecule has 9 heteroatoms. The molecule has 0 aliphatic carbocycles. The summed E-state index contributed by atoms with van der Waals surface area (Å²) in [6, 6.07) is 17.1. The summed E-state index contributed by atoms with van der Waals surface area (Å²) in [6.45, 7) is 4.88. The molecule has 0 spiro atoms. The highest BCUT2D eigenvalue weighted by molar-refractivity contribution is 8.03. The van der Waals surface area contributed by atoms with E-state index in [-0.39, 0.29) is 0 Å². The van der Waals surface area contributed by atoms with E-state index in [2.05, 4.69) is 83.2 Å². The van der Waals surface area contributed by atoms with Crippen molar-refractivity contribution in [1.29, 1.82) is 0 Å². The van der Waals surface area contributed by atoms with Crippen molar-refractivity contribution < 1.29 is 26.5 Å². The number of pyridine rings is 1. The summed E-state index contributed by atoms with van der Waals surface area (Å²) >= 11 is 1.79.